The summed E-state index contributed by atoms with van der Waals surface area (Å²) in [6.07, 6.45) is 1.42. The van der Waals surface area contributed by atoms with Gasteiger partial charge in [-0.25, -0.2) is 9.78 Å². The van der Waals surface area contributed by atoms with Crippen molar-refractivity contribution in [3.8, 4) is 0 Å². The van der Waals surface area contributed by atoms with E-state index >= 15 is 0 Å². The number of nitrogens with one attached hydrogen (secondary N) is 1. The van der Waals surface area contributed by atoms with Crippen molar-refractivity contribution < 1.29 is 9.90 Å². The van der Waals surface area contributed by atoms with E-state index in [2.05, 4.69) is 26.2 Å². The third-order valence-corrected chi connectivity index (χ3v) is 3.40. The van der Waals surface area contributed by atoms with E-state index in [-0.39, 0.29) is 10.6 Å². The van der Waals surface area contributed by atoms with Crippen LogP contribution in [-0.4, -0.2) is 16.1 Å². The van der Waals surface area contributed by atoms with Crippen LogP contribution in [0.15, 0.2) is 41.0 Å². The fraction of sp³-hybridized carbons (Fsp3) is 0.0769. The minimum Gasteiger partial charge on any atom is -0.478 e. The summed E-state index contributed by atoms with van der Waals surface area (Å²) in [6.45, 7) is 0.517. The summed E-state index contributed by atoms with van der Waals surface area (Å²) < 4.78 is 1.00. The molecule has 0 aliphatic heterocycles. The Morgan fingerprint density at radius 2 is 2.00 bits per heavy atom. The highest BCUT2D eigenvalue weighted by Gasteiger charge is 2.12. The minimum atomic E-state index is -1.07. The lowest BCUT2D eigenvalue weighted by Crippen LogP contribution is -2.05. The molecule has 0 radical (unpaired) electrons. The molecule has 0 saturated heterocycles. The van der Waals surface area contributed by atoms with Crippen molar-refractivity contribution in [1.29, 1.82) is 0 Å². The monoisotopic (exact) mass is 340 g/mol. The van der Waals surface area contributed by atoms with Gasteiger partial charge in [0.05, 0.1) is 10.6 Å². The Hall–Kier alpha value is -1.59. The number of carboxylic acids is 1. The van der Waals surface area contributed by atoms with Gasteiger partial charge in [0.25, 0.3) is 0 Å². The highest BCUT2D eigenvalue weighted by molar-refractivity contribution is 9.10. The van der Waals surface area contributed by atoms with Crippen LogP contribution in [0.5, 0.6) is 0 Å². The van der Waals surface area contributed by atoms with Crippen molar-refractivity contribution in [2.45, 2.75) is 6.54 Å². The SMILES string of the molecule is O=C(O)c1ccnc(NCc2ccc(Br)cc2)c1Cl. The number of halogens is 2. The van der Waals surface area contributed by atoms with Crippen molar-refractivity contribution >= 4 is 39.3 Å². The predicted octanol–water partition coefficient (Wildman–Crippen LogP) is 3.81. The van der Waals surface area contributed by atoms with Gasteiger partial charge < -0.3 is 10.4 Å². The third kappa shape index (κ3) is 3.45. The Labute approximate surface area is 123 Å². The van der Waals surface area contributed by atoms with E-state index in [9.17, 15) is 4.79 Å². The first-order valence-electron chi connectivity index (χ1n) is 5.44. The van der Waals surface area contributed by atoms with Crippen LogP contribution in [0.3, 0.4) is 0 Å². The molecule has 98 valence electrons. The zero-order chi connectivity index (χ0) is 13.8. The molecule has 19 heavy (non-hydrogen) atoms. The van der Waals surface area contributed by atoms with E-state index in [0.717, 1.165) is 10.0 Å². The molecule has 0 spiro atoms. The molecule has 0 amide bonds. The summed E-state index contributed by atoms with van der Waals surface area (Å²) in [5.41, 5.74) is 1.08. The highest BCUT2D eigenvalue weighted by Crippen LogP contribution is 2.24. The number of hydrogen-bond donors (Lipinski definition) is 2. The van der Waals surface area contributed by atoms with Crippen molar-refractivity contribution in [2.75, 3.05) is 5.32 Å². The first kappa shape index (κ1) is 13.8. The minimum absolute atomic E-state index is 0.0370. The van der Waals surface area contributed by atoms with E-state index in [1.165, 1.54) is 12.3 Å². The van der Waals surface area contributed by atoms with Gasteiger partial charge in [-0.05, 0) is 23.8 Å². The number of benzene rings is 1. The van der Waals surface area contributed by atoms with Crippen LogP contribution in [-0.2, 0) is 6.54 Å². The molecule has 2 aromatic rings. The molecule has 4 nitrogen and oxygen atoms in total. The van der Waals surface area contributed by atoms with Crippen LogP contribution >= 0.6 is 27.5 Å². The fourth-order valence-corrected chi connectivity index (χ4v) is 2.04. The zero-order valence-corrected chi connectivity index (χ0v) is 12.1. The van der Waals surface area contributed by atoms with Crippen LogP contribution in [0.4, 0.5) is 5.82 Å². The topological polar surface area (TPSA) is 62.2 Å². The van der Waals surface area contributed by atoms with Gasteiger partial charge in [-0.15, -0.1) is 0 Å². The lowest BCUT2D eigenvalue weighted by atomic mass is 10.2. The molecule has 1 aromatic carbocycles. The number of anilines is 1. The van der Waals surface area contributed by atoms with Gasteiger partial charge >= 0.3 is 5.97 Å². The predicted molar refractivity (Wildman–Crippen MR) is 77.7 cm³/mol. The molecule has 1 heterocycles. The van der Waals surface area contributed by atoms with Crippen LogP contribution < -0.4 is 5.32 Å². The molecule has 0 atom stereocenters. The number of nitrogens with zero attached hydrogens (tertiary/aromatic N) is 1. The number of carbonyl (C=O) groups is 1. The Kier molecular flexibility index (Phi) is 4.39. The van der Waals surface area contributed by atoms with E-state index in [1.807, 2.05) is 24.3 Å². The van der Waals surface area contributed by atoms with E-state index in [4.69, 9.17) is 16.7 Å². The molecular weight excluding hydrogens is 332 g/mol. The third-order valence-electron chi connectivity index (χ3n) is 2.49. The van der Waals surface area contributed by atoms with Crippen LogP contribution in [0.25, 0.3) is 0 Å². The Morgan fingerprint density at radius 1 is 1.32 bits per heavy atom. The molecule has 2 rings (SSSR count). The summed E-state index contributed by atoms with van der Waals surface area (Å²) in [6, 6.07) is 9.13. The van der Waals surface area contributed by atoms with Gasteiger partial charge in [-0.2, -0.15) is 0 Å². The normalized spacial score (nSPS) is 10.2. The molecule has 2 N–H and O–H groups in total. The Morgan fingerprint density at radius 3 is 2.63 bits per heavy atom. The van der Waals surface area contributed by atoms with E-state index in [0.29, 0.717) is 12.4 Å². The zero-order valence-electron chi connectivity index (χ0n) is 9.73. The molecule has 0 unspecified atom stereocenters. The van der Waals surface area contributed by atoms with E-state index < -0.39 is 5.97 Å². The molecule has 6 heteroatoms. The standard InChI is InChI=1S/C13H10BrClN2O2/c14-9-3-1-8(2-4-9)7-17-12-11(15)10(13(18)19)5-6-16-12/h1-6H,7H2,(H,16,17)(H,18,19). The van der Waals surface area contributed by atoms with Crippen LogP contribution in [0.1, 0.15) is 15.9 Å². The Bertz CT molecular complexity index is 602. The number of aromatic carboxylic acids is 1. The summed E-state index contributed by atoms with van der Waals surface area (Å²) in [4.78, 5) is 15.0. The molecule has 0 bridgehead atoms. The molecule has 0 aliphatic carbocycles. The maximum absolute atomic E-state index is 10.9. The summed E-state index contributed by atoms with van der Waals surface area (Å²) in [5.74, 6) is -0.705. The summed E-state index contributed by atoms with van der Waals surface area (Å²) >= 11 is 9.34. The number of carboxylic acid groups (broad SMARTS) is 1. The second-order valence-corrected chi connectivity index (χ2v) is 5.10. The van der Waals surface area contributed by atoms with Crippen molar-refractivity contribution in [3.63, 3.8) is 0 Å². The summed E-state index contributed by atoms with van der Waals surface area (Å²) in [7, 11) is 0. The van der Waals surface area contributed by atoms with Crippen LogP contribution in [0.2, 0.25) is 5.02 Å². The largest absolute Gasteiger partial charge is 0.478 e. The first-order valence-corrected chi connectivity index (χ1v) is 6.61. The van der Waals surface area contributed by atoms with Crippen molar-refractivity contribution in [1.82, 2.24) is 4.98 Å². The maximum Gasteiger partial charge on any atom is 0.337 e. The van der Waals surface area contributed by atoms with Gasteiger partial charge in [0, 0.05) is 17.2 Å². The van der Waals surface area contributed by atoms with Crippen molar-refractivity contribution in [2.24, 2.45) is 0 Å². The molecule has 0 saturated carbocycles. The van der Waals surface area contributed by atoms with Gasteiger partial charge in [0.2, 0.25) is 0 Å². The first-order chi connectivity index (χ1) is 9.08. The lowest BCUT2D eigenvalue weighted by Gasteiger charge is -2.09. The molecule has 0 aliphatic rings. The average molecular weight is 342 g/mol. The number of hydrogen-bond acceptors (Lipinski definition) is 3. The van der Waals surface area contributed by atoms with Crippen LogP contribution in [0, 0.1) is 0 Å². The molecule has 1 aromatic heterocycles. The smallest absolute Gasteiger partial charge is 0.337 e. The van der Waals surface area contributed by atoms with Gasteiger partial charge in [0.1, 0.15) is 5.82 Å². The quantitative estimate of drug-likeness (QED) is 0.888. The fourth-order valence-electron chi connectivity index (χ4n) is 1.52. The average Bonchev–Trinajstić information content (AvgIpc) is 2.39. The molecule has 0 fully saturated rings. The van der Waals surface area contributed by atoms with E-state index in [1.54, 1.807) is 0 Å². The van der Waals surface area contributed by atoms with Gasteiger partial charge in [-0.3, -0.25) is 0 Å². The van der Waals surface area contributed by atoms with Gasteiger partial charge in [0.15, 0.2) is 0 Å². The second-order valence-electron chi connectivity index (χ2n) is 3.81. The second kappa shape index (κ2) is 6.04. The lowest BCUT2D eigenvalue weighted by molar-refractivity contribution is 0.0697. The summed E-state index contributed by atoms with van der Waals surface area (Å²) in [5, 5.41) is 12.1. The number of aromatic nitrogens is 1. The Balaban J connectivity index is 2.13. The highest BCUT2D eigenvalue weighted by atomic mass is 79.9. The number of rotatable bonds is 4. The molecular formula is C13H10BrClN2O2. The number of pyridine rings is 1. The van der Waals surface area contributed by atoms with Gasteiger partial charge in [-0.1, -0.05) is 39.7 Å². The maximum atomic E-state index is 10.9. The van der Waals surface area contributed by atoms with Crippen molar-refractivity contribution in [3.05, 3.63) is 57.2 Å².